The fraction of sp³-hybridized carbons (Fsp3) is 0.364. The van der Waals surface area contributed by atoms with Crippen LogP contribution in [0.2, 0.25) is 0 Å². The second-order valence-corrected chi connectivity index (χ2v) is 4.50. The second kappa shape index (κ2) is 6.37. The topological polar surface area (TPSA) is 70.6 Å². The Hall–Kier alpha value is -1.23. The van der Waals surface area contributed by atoms with E-state index in [1.54, 1.807) is 0 Å². The number of hydrogen-bond donors (Lipinski definition) is 3. The van der Waals surface area contributed by atoms with Crippen LogP contribution >= 0.6 is 15.9 Å². The summed E-state index contributed by atoms with van der Waals surface area (Å²) in [7, 11) is 0. The van der Waals surface area contributed by atoms with Crippen LogP contribution in [0.25, 0.3) is 0 Å². The molecule has 0 aliphatic rings. The van der Waals surface area contributed by atoms with Crippen molar-refractivity contribution in [1.29, 1.82) is 0 Å². The van der Waals surface area contributed by atoms with Crippen LogP contribution in [-0.2, 0) is 0 Å². The van der Waals surface area contributed by atoms with Crippen molar-refractivity contribution in [2.75, 3.05) is 11.9 Å². The Morgan fingerprint density at radius 3 is 2.94 bits per heavy atom. The van der Waals surface area contributed by atoms with E-state index in [0.717, 1.165) is 23.1 Å². The predicted octanol–water partition coefficient (Wildman–Crippen LogP) is 2.70. The molecule has 0 saturated carbocycles. The van der Waals surface area contributed by atoms with E-state index in [1.165, 1.54) is 5.56 Å². The van der Waals surface area contributed by atoms with Gasteiger partial charge in [-0.15, -0.1) is 0 Å². The molecule has 0 aliphatic heterocycles. The van der Waals surface area contributed by atoms with Gasteiger partial charge in [-0.3, -0.25) is 0 Å². The van der Waals surface area contributed by atoms with Gasteiger partial charge in [0.2, 0.25) is 0 Å². The van der Waals surface area contributed by atoms with E-state index in [2.05, 4.69) is 39.4 Å². The van der Waals surface area contributed by atoms with Crippen LogP contribution in [0.15, 0.2) is 27.8 Å². The monoisotopic (exact) mass is 285 g/mol. The SMILES string of the molecule is Cc1cc(Br)ccc1NCCCC(N)=NO. The molecular weight excluding hydrogens is 270 g/mol. The zero-order valence-electron chi connectivity index (χ0n) is 9.20. The van der Waals surface area contributed by atoms with Gasteiger partial charge >= 0.3 is 0 Å². The molecule has 16 heavy (non-hydrogen) atoms. The third kappa shape index (κ3) is 4.10. The van der Waals surface area contributed by atoms with Crippen LogP contribution in [-0.4, -0.2) is 17.6 Å². The smallest absolute Gasteiger partial charge is 0.139 e. The first-order valence-electron chi connectivity index (χ1n) is 5.10. The Morgan fingerprint density at radius 1 is 1.56 bits per heavy atom. The number of benzene rings is 1. The molecular formula is C11H16BrN3O. The first kappa shape index (κ1) is 12.8. The summed E-state index contributed by atoms with van der Waals surface area (Å²) >= 11 is 3.42. The predicted molar refractivity (Wildman–Crippen MR) is 70.0 cm³/mol. The van der Waals surface area contributed by atoms with Crippen LogP contribution in [0.1, 0.15) is 18.4 Å². The molecule has 0 spiro atoms. The van der Waals surface area contributed by atoms with Crippen LogP contribution in [0.4, 0.5) is 5.69 Å². The van der Waals surface area contributed by atoms with Gasteiger partial charge in [0.05, 0.1) is 0 Å². The second-order valence-electron chi connectivity index (χ2n) is 3.58. The Kier molecular flexibility index (Phi) is 5.11. The van der Waals surface area contributed by atoms with E-state index in [9.17, 15) is 0 Å². The first-order chi connectivity index (χ1) is 7.63. The van der Waals surface area contributed by atoms with E-state index >= 15 is 0 Å². The van der Waals surface area contributed by atoms with E-state index in [-0.39, 0.29) is 5.84 Å². The number of aryl methyl sites for hydroxylation is 1. The average molecular weight is 286 g/mol. The highest BCUT2D eigenvalue weighted by Gasteiger charge is 1.98. The minimum atomic E-state index is 0.273. The van der Waals surface area contributed by atoms with Gasteiger partial charge in [0.1, 0.15) is 5.84 Å². The van der Waals surface area contributed by atoms with Gasteiger partial charge in [-0.2, -0.15) is 0 Å². The summed E-state index contributed by atoms with van der Waals surface area (Å²) in [5, 5.41) is 14.6. The maximum absolute atomic E-state index is 8.36. The van der Waals surface area contributed by atoms with Crippen molar-refractivity contribution in [2.45, 2.75) is 19.8 Å². The molecule has 1 aromatic carbocycles. The zero-order chi connectivity index (χ0) is 12.0. The van der Waals surface area contributed by atoms with Crippen molar-refractivity contribution < 1.29 is 5.21 Å². The molecule has 0 radical (unpaired) electrons. The van der Waals surface area contributed by atoms with E-state index in [4.69, 9.17) is 10.9 Å². The molecule has 4 nitrogen and oxygen atoms in total. The summed E-state index contributed by atoms with van der Waals surface area (Å²) in [5.74, 6) is 0.273. The van der Waals surface area contributed by atoms with Gasteiger partial charge in [-0.25, -0.2) is 0 Å². The molecule has 0 amide bonds. The van der Waals surface area contributed by atoms with Crippen molar-refractivity contribution in [2.24, 2.45) is 10.9 Å². The molecule has 0 heterocycles. The first-order valence-corrected chi connectivity index (χ1v) is 5.89. The molecule has 4 N–H and O–H groups in total. The quantitative estimate of drug-likeness (QED) is 0.256. The fourth-order valence-electron chi connectivity index (χ4n) is 1.37. The van der Waals surface area contributed by atoms with Crippen LogP contribution in [0, 0.1) is 6.92 Å². The van der Waals surface area contributed by atoms with Crippen molar-refractivity contribution in [3.05, 3.63) is 28.2 Å². The molecule has 0 unspecified atom stereocenters. The average Bonchev–Trinajstić information content (AvgIpc) is 2.26. The van der Waals surface area contributed by atoms with Crippen molar-refractivity contribution in [1.82, 2.24) is 0 Å². The van der Waals surface area contributed by atoms with Gasteiger partial charge in [0.25, 0.3) is 0 Å². The number of nitrogens with zero attached hydrogens (tertiary/aromatic N) is 1. The van der Waals surface area contributed by atoms with E-state index in [0.29, 0.717) is 6.42 Å². The molecule has 88 valence electrons. The highest BCUT2D eigenvalue weighted by atomic mass is 79.9. The van der Waals surface area contributed by atoms with E-state index < -0.39 is 0 Å². The largest absolute Gasteiger partial charge is 0.409 e. The van der Waals surface area contributed by atoms with Gasteiger partial charge in [-0.1, -0.05) is 21.1 Å². The van der Waals surface area contributed by atoms with Crippen molar-refractivity contribution in [3.8, 4) is 0 Å². The minimum Gasteiger partial charge on any atom is -0.409 e. The molecule has 0 fully saturated rings. The molecule has 0 saturated heterocycles. The van der Waals surface area contributed by atoms with Gasteiger partial charge in [-0.05, 0) is 37.1 Å². The number of amidine groups is 1. The summed E-state index contributed by atoms with van der Waals surface area (Å²) in [6.45, 7) is 2.86. The number of rotatable bonds is 5. The lowest BCUT2D eigenvalue weighted by atomic mass is 10.2. The number of nitrogens with one attached hydrogen (secondary N) is 1. The maximum Gasteiger partial charge on any atom is 0.139 e. The molecule has 1 aromatic rings. The summed E-state index contributed by atoms with van der Waals surface area (Å²) < 4.78 is 1.08. The third-order valence-electron chi connectivity index (χ3n) is 2.24. The van der Waals surface area contributed by atoms with Gasteiger partial charge < -0.3 is 16.3 Å². The van der Waals surface area contributed by atoms with Crippen LogP contribution < -0.4 is 11.1 Å². The zero-order valence-corrected chi connectivity index (χ0v) is 10.8. The standard InChI is InChI=1S/C11H16BrN3O/c1-8-7-9(12)4-5-10(8)14-6-2-3-11(13)15-16/h4-5,7,14,16H,2-3,6H2,1H3,(H2,13,15). The molecule has 0 bridgehead atoms. The highest BCUT2D eigenvalue weighted by Crippen LogP contribution is 2.19. The lowest BCUT2D eigenvalue weighted by Crippen LogP contribution is -2.13. The normalized spacial score (nSPS) is 11.5. The Balaban J connectivity index is 2.37. The molecule has 0 aliphatic carbocycles. The Bertz CT molecular complexity index is 379. The van der Waals surface area contributed by atoms with Gasteiger partial charge in [0.15, 0.2) is 0 Å². The lowest BCUT2D eigenvalue weighted by Gasteiger charge is -2.09. The summed E-state index contributed by atoms with van der Waals surface area (Å²) in [6, 6.07) is 6.09. The van der Waals surface area contributed by atoms with Crippen molar-refractivity contribution >= 4 is 27.5 Å². The third-order valence-corrected chi connectivity index (χ3v) is 2.74. The highest BCUT2D eigenvalue weighted by molar-refractivity contribution is 9.10. The minimum absolute atomic E-state index is 0.273. The Labute approximate surface area is 104 Å². The summed E-state index contributed by atoms with van der Waals surface area (Å²) in [6.07, 6.45) is 1.43. The number of oxime groups is 1. The maximum atomic E-state index is 8.36. The molecule has 0 atom stereocenters. The summed E-state index contributed by atoms with van der Waals surface area (Å²) in [4.78, 5) is 0. The lowest BCUT2D eigenvalue weighted by molar-refractivity contribution is 0.316. The van der Waals surface area contributed by atoms with Crippen LogP contribution in [0.5, 0.6) is 0 Å². The van der Waals surface area contributed by atoms with E-state index in [1.807, 2.05) is 12.1 Å². The fourth-order valence-corrected chi connectivity index (χ4v) is 1.84. The van der Waals surface area contributed by atoms with Crippen molar-refractivity contribution in [3.63, 3.8) is 0 Å². The van der Waals surface area contributed by atoms with Crippen LogP contribution in [0.3, 0.4) is 0 Å². The number of anilines is 1. The number of hydrogen-bond acceptors (Lipinski definition) is 3. The molecule has 1 rings (SSSR count). The Morgan fingerprint density at radius 2 is 2.31 bits per heavy atom. The summed E-state index contributed by atoms with van der Waals surface area (Å²) in [5.41, 5.74) is 7.67. The van der Waals surface area contributed by atoms with Gasteiger partial charge in [0, 0.05) is 23.1 Å². The molecule has 5 heteroatoms. The number of halogens is 1. The number of nitrogens with two attached hydrogens (primary N) is 1. The molecule has 0 aromatic heterocycles.